The molecule has 8 nitrogen and oxygen atoms in total. The van der Waals surface area contributed by atoms with Crippen molar-refractivity contribution in [1.82, 2.24) is 9.55 Å². The van der Waals surface area contributed by atoms with Crippen LogP contribution in [0.3, 0.4) is 0 Å². The molecule has 0 saturated heterocycles. The van der Waals surface area contributed by atoms with Crippen LogP contribution in [-0.2, 0) is 11.3 Å². The van der Waals surface area contributed by atoms with E-state index >= 15 is 0 Å². The van der Waals surface area contributed by atoms with Gasteiger partial charge in [0.1, 0.15) is 0 Å². The lowest BCUT2D eigenvalue weighted by molar-refractivity contribution is -0.384. The summed E-state index contributed by atoms with van der Waals surface area (Å²) in [7, 11) is 0. The third kappa shape index (κ3) is 4.63. The second-order valence-electron chi connectivity index (χ2n) is 6.54. The van der Waals surface area contributed by atoms with Gasteiger partial charge in [-0.15, -0.1) is 0 Å². The van der Waals surface area contributed by atoms with Crippen LogP contribution in [0.25, 0.3) is 10.9 Å². The smallest absolute Gasteiger partial charge is 0.271 e. The molecule has 1 unspecified atom stereocenters. The number of carbonyl (C=O) groups is 1. The normalized spacial score (nSPS) is 12.0. The van der Waals surface area contributed by atoms with E-state index < -0.39 is 16.1 Å². The molecule has 3 rings (SSSR count). The van der Waals surface area contributed by atoms with Gasteiger partial charge in [-0.2, -0.15) is 0 Å². The number of para-hydroxylation sites is 1. The van der Waals surface area contributed by atoms with Gasteiger partial charge >= 0.3 is 0 Å². The number of rotatable bonds is 7. The summed E-state index contributed by atoms with van der Waals surface area (Å²) < 4.78 is 1.57. The summed E-state index contributed by atoms with van der Waals surface area (Å²) >= 11 is 7.21. The van der Waals surface area contributed by atoms with Gasteiger partial charge < -0.3 is 5.32 Å². The fourth-order valence-corrected chi connectivity index (χ4v) is 3.93. The second-order valence-corrected chi connectivity index (χ2v) is 8.25. The first-order valence-electron chi connectivity index (χ1n) is 9.22. The number of anilines is 1. The number of nitro groups is 1. The number of carbonyl (C=O) groups excluding carboxylic acids is 1. The SMILES string of the molecule is CCCn1c(SC(C)C(=O)Nc2cc([N+](=O)[O-])ccc2Cl)nc2ccccc2c1=O. The topological polar surface area (TPSA) is 107 Å². The molecule has 2 aromatic carbocycles. The number of fused-ring (bicyclic) bond motifs is 1. The van der Waals surface area contributed by atoms with Gasteiger partial charge in [0.15, 0.2) is 5.16 Å². The number of amides is 1. The Kier molecular flexibility index (Phi) is 6.73. The molecule has 10 heteroatoms. The number of non-ortho nitro benzene ring substituents is 1. The minimum atomic E-state index is -0.628. The first-order chi connectivity index (χ1) is 14.3. The highest BCUT2D eigenvalue weighted by Crippen LogP contribution is 2.29. The summed E-state index contributed by atoms with van der Waals surface area (Å²) in [5.41, 5.74) is 0.384. The third-order valence-electron chi connectivity index (χ3n) is 4.34. The molecule has 0 saturated carbocycles. The number of nitrogens with zero attached hydrogens (tertiary/aromatic N) is 3. The van der Waals surface area contributed by atoms with Gasteiger partial charge in [0.2, 0.25) is 5.91 Å². The number of hydrogen-bond acceptors (Lipinski definition) is 6. The molecule has 30 heavy (non-hydrogen) atoms. The zero-order chi connectivity index (χ0) is 21.8. The molecule has 1 heterocycles. The summed E-state index contributed by atoms with van der Waals surface area (Å²) in [4.78, 5) is 40.5. The number of thioether (sulfide) groups is 1. The lowest BCUT2D eigenvalue weighted by atomic mass is 10.2. The average molecular weight is 447 g/mol. The quantitative estimate of drug-likeness (QED) is 0.248. The van der Waals surface area contributed by atoms with Crippen LogP contribution in [0.15, 0.2) is 52.4 Å². The number of benzene rings is 2. The number of hydrogen-bond donors (Lipinski definition) is 1. The molecule has 0 spiro atoms. The van der Waals surface area contributed by atoms with Gasteiger partial charge in [0, 0.05) is 18.7 Å². The Morgan fingerprint density at radius 1 is 1.33 bits per heavy atom. The molecule has 1 aromatic heterocycles. The highest BCUT2D eigenvalue weighted by atomic mass is 35.5. The van der Waals surface area contributed by atoms with E-state index in [1.165, 1.54) is 18.2 Å². The van der Waals surface area contributed by atoms with E-state index in [0.29, 0.717) is 22.6 Å². The Labute approximate surface area is 181 Å². The minimum absolute atomic E-state index is 0.153. The van der Waals surface area contributed by atoms with Gasteiger partial charge in [-0.05, 0) is 31.5 Å². The summed E-state index contributed by atoms with van der Waals surface area (Å²) in [6.45, 7) is 4.10. The van der Waals surface area contributed by atoms with Gasteiger partial charge in [-0.1, -0.05) is 42.4 Å². The van der Waals surface area contributed by atoms with Crippen LogP contribution in [0, 0.1) is 10.1 Å². The Morgan fingerprint density at radius 3 is 2.77 bits per heavy atom. The molecule has 0 bridgehead atoms. The Hall–Kier alpha value is -2.91. The third-order valence-corrected chi connectivity index (χ3v) is 5.76. The predicted molar refractivity (Wildman–Crippen MR) is 118 cm³/mol. The lowest BCUT2D eigenvalue weighted by Crippen LogP contribution is -2.27. The van der Waals surface area contributed by atoms with E-state index in [1.807, 2.05) is 6.92 Å². The van der Waals surface area contributed by atoms with Crippen molar-refractivity contribution in [3.63, 3.8) is 0 Å². The first kappa shape index (κ1) is 21.8. The first-order valence-corrected chi connectivity index (χ1v) is 10.5. The summed E-state index contributed by atoms with van der Waals surface area (Å²) in [5.74, 6) is -0.409. The maximum absolute atomic E-state index is 12.9. The maximum atomic E-state index is 12.9. The highest BCUT2D eigenvalue weighted by Gasteiger charge is 2.21. The Morgan fingerprint density at radius 2 is 2.07 bits per heavy atom. The largest absolute Gasteiger partial charge is 0.324 e. The second kappa shape index (κ2) is 9.27. The predicted octanol–water partition coefficient (Wildman–Crippen LogP) is 4.49. The van der Waals surface area contributed by atoms with Crippen LogP contribution < -0.4 is 10.9 Å². The molecular weight excluding hydrogens is 428 g/mol. The molecular formula is C20H19ClN4O4S. The average Bonchev–Trinajstić information content (AvgIpc) is 2.72. The maximum Gasteiger partial charge on any atom is 0.271 e. The molecule has 3 aromatic rings. The molecule has 1 N–H and O–H groups in total. The number of halogens is 1. The Bertz CT molecular complexity index is 1180. The van der Waals surface area contributed by atoms with Crippen LogP contribution in [0.2, 0.25) is 5.02 Å². The minimum Gasteiger partial charge on any atom is -0.324 e. The van der Waals surface area contributed by atoms with E-state index in [0.717, 1.165) is 18.2 Å². The molecule has 156 valence electrons. The summed E-state index contributed by atoms with van der Waals surface area (Å²) in [6, 6.07) is 10.9. The van der Waals surface area contributed by atoms with Gasteiger partial charge in [-0.25, -0.2) is 4.98 Å². The van der Waals surface area contributed by atoms with Crippen molar-refractivity contribution < 1.29 is 9.72 Å². The summed E-state index contributed by atoms with van der Waals surface area (Å²) in [6.07, 6.45) is 0.733. The van der Waals surface area contributed by atoms with Crippen LogP contribution in [-0.4, -0.2) is 25.6 Å². The molecule has 1 atom stereocenters. The van der Waals surface area contributed by atoms with Gasteiger partial charge in [0.25, 0.3) is 11.2 Å². The van der Waals surface area contributed by atoms with Crippen molar-refractivity contribution in [2.45, 2.75) is 37.2 Å². The fourth-order valence-electron chi connectivity index (χ4n) is 2.83. The summed E-state index contributed by atoms with van der Waals surface area (Å²) in [5, 5.41) is 14.1. The van der Waals surface area contributed by atoms with E-state index in [1.54, 1.807) is 35.8 Å². The van der Waals surface area contributed by atoms with E-state index in [9.17, 15) is 19.7 Å². The van der Waals surface area contributed by atoms with E-state index in [-0.39, 0.29) is 22.0 Å². The lowest BCUT2D eigenvalue weighted by Gasteiger charge is -2.16. The van der Waals surface area contributed by atoms with Gasteiger partial charge in [-0.3, -0.25) is 24.3 Å². The Balaban J connectivity index is 1.87. The number of nitrogens with one attached hydrogen (secondary N) is 1. The van der Waals surface area contributed by atoms with Crippen molar-refractivity contribution in [2.24, 2.45) is 0 Å². The molecule has 0 aliphatic rings. The van der Waals surface area contributed by atoms with E-state index in [4.69, 9.17) is 11.6 Å². The number of nitro benzene ring substituents is 1. The van der Waals surface area contributed by atoms with Crippen LogP contribution in [0.1, 0.15) is 20.3 Å². The van der Waals surface area contributed by atoms with Crippen molar-refractivity contribution in [3.05, 3.63) is 68.0 Å². The van der Waals surface area contributed by atoms with Crippen LogP contribution in [0.5, 0.6) is 0 Å². The monoisotopic (exact) mass is 446 g/mol. The molecule has 0 radical (unpaired) electrons. The zero-order valence-electron chi connectivity index (χ0n) is 16.3. The molecule has 0 fully saturated rings. The van der Waals surface area contributed by atoms with Crippen LogP contribution in [0.4, 0.5) is 11.4 Å². The highest BCUT2D eigenvalue weighted by molar-refractivity contribution is 8.00. The molecule has 1 amide bonds. The zero-order valence-corrected chi connectivity index (χ0v) is 17.9. The van der Waals surface area contributed by atoms with Crippen molar-refractivity contribution >= 4 is 51.5 Å². The number of aromatic nitrogens is 2. The molecule has 0 aliphatic heterocycles. The van der Waals surface area contributed by atoms with E-state index in [2.05, 4.69) is 10.3 Å². The van der Waals surface area contributed by atoms with Crippen molar-refractivity contribution in [3.8, 4) is 0 Å². The van der Waals surface area contributed by atoms with Crippen molar-refractivity contribution in [1.29, 1.82) is 0 Å². The fraction of sp³-hybridized carbons (Fsp3) is 0.250. The molecule has 0 aliphatic carbocycles. The standard InChI is InChI=1S/C20H19ClN4O4S/c1-3-10-24-19(27)14-6-4-5-7-16(14)23-20(24)30-12(2)18(26)22-17-11-13(25(28)29)8-9-15(17)21/h4-9,11-12H,3,10H2,1-2H3,(H,22,26). The van der Waals surface area contributed by atoms with Crippen LogP contribution >= 0.6 is 23.4 Å². The van der Waals surface area contributed by atoms with Crippen molar-refractivity contribution in [2.75, 3.05) is 5.32 Å². The van der Waals surface area contributed by atoms with Gasteiger partial charge in [0.05, 0.1) is 31.8 Å².